The third kappa shape index (κ3) is 5.94. The Balaban J connectivity index is 1.74. The number of halogens is 1. The van der Waals surface area contributed by atoms with E-state index in [0.717, 1.165) is 42.6 Å². The van der Waals surface area contributed by atoms with Crippen molar-refractivity contribution in [3.8, 4) is 0 Å². The fourth-order valence-corrected chi connectivity index (χ4v) is 5.68. The molecule has 0 aliphatic heterocycles. The molecule has 0 radical (unpaired) electrons. The van der Waals surface area contributed by atoms with Gasteiger partial charge in [-0.15, -0.1) is 0 Å². The van der Waals surface area contributed by atoms with Crippen molar-refractivity contribution in [1.29, 1.82) is 0 Å². The van der Waals surface area contributed by atoms with Crippen LogP contribution in [0.5, 0.6) is 0 Å². The smallest absolute Gasteiger partial charge is 0.126 e. The fraction of sp³-hybridized carbons (Fsp3) is 0.704. The number of benzene rings is 1. The average Bonchev–Trinajstić information content (AvgIpc) is 2.73. The molecule has 1 saturated carbocycles. The molecule has 0 spiro atoms. The molecule has 0 nitrogen and oxygen atoms in total. The Morgan fingerprint density at radius 2 is 1.79 bits per heavy atom. The van der Waals surface area contributed by atoms with Crippen LogP contribution in [0.4, 0.5) is 4.39 Å². The highest BCUT2D eigenvalue weighted by Crippen LogP contribution is 2.44. The minimum Gasteiger partial charge on any atom is -0.207 e. The van der Waals surface area contributed by atoms with Crippen LogP contribution in [0.1, 0.15) is 108 Å². The highest BCUT2D eigenvalue weighted by Gasteiger charge is 2.30. The second-order valence-corrected chi connectivity index (χ2v) is 9.52. The molecule has 1 aromatic carbocycles. The van der Waals surface area contributed by atoms with Crippen molar-refractivity contribution in [3.63, 3.8) is 0 Å². The molecule has 0 amide bonds. The van der Waals surface area contributed by atoms with Crippen molar-refractivity contribution in [1.82, 2.24) is 0 Å². The molecule has 0 saturated heterocycles. The maximum atomic E-state index is 14.8. The molecule has 2 aliphatic rings. The molecule has 3 rings (SSSR count). The molecule has 156 valence electrons. The summed E-state index contributed by atoms with van der Waals surface area (Å²) < 4.78 is 14.8. The Bertz CT molecular complexity index is 609. The van der Waals surface area contributed by atoms with Crippen LogP contribution in [-0.4, -0.2) is 0 Å². The fourth-order valence-electron chi connectivity index (χ4n) is 5.68. The lowest BCUT2D eigenvalue weighted by molar-refractivity contribution is 0.211. The van der Waals surface area contributed by atoms with Gasteiger partial charge in [0.1, 0.15) is 5.82 Å². The van der Waals surface area contributed by atoms with Gasteiger partial charge < -0.3 is 0 Å². The zero-order valence-electron chi connectivity index (χ0n) is 18.3. The lowest BCUT2D eigenvalue weighted by Gasteiger charge is -2.36. The number of allylic oxidation sites excluding steroid dienone is 2. The van der Waals surface area contributed by atoms with Crippen LogP contribution in [0.2, 0.25) is 0 Å². The van der Waals surface area contributed by atoms with Crippen LogP contribution in [0.25, 0.3) is 0 Å². The first kappa shape index (κ1) is 21.6. The highest BCUT2D eigenvalue weighted by molar-refractivity contribution is 5.28. The zero-order chi connectivity index (χ0) is 19.8. The van der Waals surface area contributed by atoms with Gasteiger partial charge in [0, 0.05) is 0 Å². The summed E-state index contributed by atoms with van der Waals surface area (Å²) >= 11 is 0. The maximum Gasteiger partial charge on any atom is 0.126 e. The summed E-state index contributed by atoms with van der Waals surface area (Å²) in [4.78, 5) is 0. The number of aryl methyl sites for hydroxylation is 1. The van der Waals surface area contributed by atoms with Gasteiger partial charge >= 0.3 is 0 Å². The summed E-state index contributed by atoms with van der Waals surface area (Å²) in [6.07, 6.45) is 21.0. The van der Waals surface area contributed by atoms with E-state index >= 15 is 0 Å². The predicted octanol–water partition coefficient (Wildman–Crippen LogP) is 8.60. The minimum absolute atomic E-state index is 0.0409. The molecule has 1 fully saturated rings. The number of hydrogen-bond donors (Lipinski definition) is 0. The van der Waals surface area contributed by atoms with E-state index < -0.39 is 0 Å². The largest absolute Gasteiger partial charge is 0.207 e. The van der Waals surface area contributed by atoms with Crippen LogP contribution < -0.4 is 0 Å². The quantitative estimate of drug-likeness (QED) is 0.374. The van der Waals surface area contributed by atoms with E-state index in [2.05, 4.69) is 38.1 Å². The predicted molar refractivity (Wildman–Crippen MR) is 119 cm³/mol. The van der Waals surface area contributed by atoms with Gasteiger partial charge in [0.2, 0.25) is 0 Å². The first-order valence-corrected chi connectivity index (χ1v) is 12.1. The first-order chi connectivity index (χ1) is 13.7. The van der Waals surface area contributed by atoms with Crippen LogP contribution in [0.3, 0.4) is 0 Å². The summed E-state index contributed by atoms with van der Waals surface area (Å²) in [5.41, 5.74) is 2.20. The van der Waals surface area contributed by atoms with Crippen LogP contribution in [0.15, 0.2) is 30.4 Å². The average molecular weight is 385 g/mol. The Kier molecular flexibility index (Phi) is 8.62. The second kappa shape index (κ2) is 11.2. The van der Waals surface area contributed by atoms with E-state index in [1.165, 1.54) is 69.8 Å². The summed E-state index contributed by atoms with van der Waals surface area (Å²) in [6, 6.07) is 6.28. The minimum atomic E-state index is 0.0409. The van der Waals surface area contributed by atoms with Crippen LogP contribution in [0, 0.1) is 23.6 Å². The normalized spacial score (nSPS) is 26.3. The van der Waals surface area contributed by atoms with Gasteiger partial charge in [0.05, 0.1) is 0 Å². The van der Waals surface area contributed by atoms with Gasteiger partial charge in [-0.25, -0.2) is 4.39 Å². The Morgan fingerprint density at radius 3 is 2.43 bits per heavy atom. The molecule has 28 heavy (non-hydrogen) atoms. The molecule has 1 heteroatoms. The van der Waals surface area contributed by atoms with E-state index in [9.17, 15) is 4.39 Å². The molecule has 0 bridgehead atoms. The zero-order valence-corrected chi connectivity index (χ0v) is 18.3. The third-order valence-electron chi connectivity index (χ3n) is 7.43. The molecular formula is C27H41F. The second-order valence-electron chi connectivity index (χ2n) is 9.52. The van der Waals surface area contributed by atoms with Crippen LogP contribution in [-0.2, 0) is 6.42 Å². The number of rotatable bonds is 9. The molecule has 2 aliphatic carbocycles. The summed E-state index contributed by atoms with van der Waals surface area (Å²) in [5.74, 6) is 3.06. The van der Waals surface area contributed by atoms with Gasteiger partial charge in [-0.3, -0.25) is 0 Å². The SMILES string of the molecule is CCCCc1ccc(C(CC2CC=CCC2)C2CCC(CCC)CC2)cc1F. The van der Waals surface area contributed by atoms with Gasteiger partial charge in [-0.1, -0.05) is 70.2 Å². The maximum absolute atomic E-state index is 14.8. The lowest BCUT2D eigenvalue weighted by atomic mass is 9.69. The molecular weight excluding hydrogens is 343 g/mol. The van der Waals surface area contributed by atoms with E-state index in [-0.39, 0.29) is 5.82 Å². The van der Waals surface area contributed by atoms with E-state index in [1.54, 1.807) is 0 Å². The Hall–Kier alpha value is -1.11. The molecule has 2 unspecified atom stereocenters. The molecule has 0 aromatic heterocycles. The monoisotopic (exact) mass is 384 g/mol. The van der Waals surface area contributed by atoms with Crippen molar-refractivity contribution in [2.24, 2.45) is 17.8 Å². The topological polar surface area (TPSA) is 0 Å². The summed E-state index contributed by atoms with van der Waals surface area (Å²) in [5, 5.41) is 0. The number of unbranched alkanes of at least 4 members (excludes halogenated alkanes) is 1. The lowest BCUT2D eigenvalue weighted by Crippen LogP contribution is -2.23. The molecule has 0 heterocycles. The van der Waals surface area contributed by atoms with Crippen molar-refractivity contribution in [2.75, 3.05) is 0 Å². The van der Waals surface area contributed by atoms with Gasteiger partial charge in [-0.05, 0) is 92.2 Å². The van der Waals surface area contributed by atoms with Crippen molar-refractivity contribution in [2.45, 2.75) is 103 Å². The first-order valence-electron chi connectivity index (χ1n) is 12.1. The van der Waals surface area contributed by atoms with E-state index in [4.69, 9.17) is 0 Å². The summed E-state index contributed by atoms with van der Waals surface area (Å²) in [6.45, 7) is 4.49. The molecule has 1 aromatic rings. The van der Waals surface area contributed by atoms with E-state index in [1.807, 2.05) is 6.07 Å². The van der Waals surface area contributed by atoms with Gasteiger partial charge in [0.25, 0.3) is 0 Å². The van der Waals surface area contributed by atoms with Crippen LogP contribution >= 0.6 is 0 Å². The van der Waals surface area contributed by atoms with Crippen molar-refractivity contribution < 1.29 is 4.39 Å². The Labute approximate surface area is 173 Å². The highest BCUT2D eigenvalue weighted by atomic mass is 19.1. The standard InChI is InChI=1S/C27H41F/c1-3-5-12-24-17-18-25(20-27(24)28)26(19-22-10-7-6-8-11-22)23-15-13-21(9-4-2)14-16-23/h6-7,17-18,20-23,26H,3-5,8-16,19H2,1-2H3. The van der Waals surface area contributed by atoms with Crippen molar-refractivity contribution in [3.05, 3.63) is 47.3 Å². The van der Waals surface area contributed by atoms with Gasteiger partial charge in [-0.2, -0.15) is 0 Å². The third-order valence-corrected chi connectivity index (χ3v) is 7.43. The number of hydrogen-bond acceptors (Lipinski definition) is 0. The summed E-state index contributed by atoms with van der Waals surface area (Å²) in [7, 11) is 0. The Morgan fingerprint density at radius 1 is 0.964 bits per heavy atom. The van der Waals surface area contributed by atoms with Crippen molar-refractivity contribution >= 4 is 0 Å². The molecule has 2 atom stereocenters. The molecule has 0 N–H and O–H groups in total. The van der Waals surface area contributed by atoms with Gasteiger partial charge in [0.15, 0.2) is 0 Å². The van der Waals surface area contributed by atoms with E-state index in [0.29, 0.717) is 5.92 Å².